The SMILES string of the molecule is Cn1cc(/C=C2/SC(=O)N(Cc3c(Cl)cccc3Cl)C2=O)c2ccccc21. The Morgan fingerprint density at radius 2 is 1.74 bits per heavy atom. The van der Waals surface area contributed by atoms with Crippen LogP contribution in [0.3, 0.4) is 0 Å². The van der Waals surface area contributed by atoms with Crippen molar-refractivity contribution in [2.75, 3.05) is 0 Å². The molecule has 1 aliphatic rings. The molecule has 1 aromatic heterocycles. The summed E-state index contributed by atoms with van der Waals surface area (Å²) in [4.78, 5) is 26.8. The number of carbonyl (C=O) groups is 2. The predicted octanol–water partition coefficient (Wildman–Crippen LogP) is 5.72. The Morgan fingerprint density at radius 3 is 2.48 bits per heavy atom. The number of rotatable bonds is 3. The minimum Gasteiger partial charge on any atom is -0.350 e. The van der Waals surface area contributed by atoms with Crippen molar-refractivity contribution in [2.24, 2.45) is 7.05 Å². The lowest BCUT2D eigenvalue weighted by atomic mass is 10.1. The van der Waals surface area contributed by atoms with Crippen LogP contribution >= 0.6 is 35.0 Å². The number of imide groups is 1. The molecule has 0 spiro atoms. The number of nitrogens with zero attached hydrogens (tertiary/aromatic N) is 2. The van der Waals surface area contributed by atoms with E-state index in [1.165, 1.54) is 4.90 Å². The van der Waals surface area contributed by atoms with Gasteiger partial charge in [-0.3, -0.25) is 14.5 Å². The highest BCUT2D eigenvalue weighted by Gasteiger charge is 2.35. The molecule has 0 unspecified atom stereocenters. The second kappa shape index (κ2) is 7.08. The molecule has 0 radical (unpaired) electrons. The quantitative estimate of drug-likeness (QED) is 0.512. The molecule has 0 N–H and O–H groups in total. The highest BCUT2D eigenvalue weighted by Crippen LogP contribution is 2.36. The number of carbonyl (C=O) groups excluding carboxylic acids is 2. The molecule has 2 amide bonds. The molecule has 1 saturated heterocycles. The summed E-state index contributed by atoms with van der Waals surface area (Å²) in [5.41, 5.74) is 2.52. The van der Waals surface area contributed by atoms with Crippen LogP contribution in [0.25, 0.3) is 17.0 Å². The molecule has 2 heterocycles. The number of aromatic nitrogens is 1. The van der Waals surface area contributed by atoms with Crippen molar-refractivity contribution in [3.8, 4) is 0 Å². The van der Waals surface area contributed by atoms with Gasteiger partial charge in [0, 0.05) is 45.3 Å². The molecule has 136 valence electrons. The summed E-state index contributed by atoms with van der Waals surface area (Å²) in [6, 6.07) is 13.0. The summed E-state index contributed by atoms with van der Waals surface area (Å²) in [5, 5.41) is 1.56. The molecule has 1 fully saturated rings. The van der Waals surface area contributed by atoms with Crippen LogP contribution in [0.5, 0.6) is 0 Å². The Labute approximate surface area is 170 Å². The molecule has 4 nitrogen and oxygen atoms in total. The van der Waals surface area contributed by atoms with Crippen molar-refractivity contribution < 1.29 is 9.59 Å². The van der Waals surface area contributed by atoms with Gasteiger partial charge < -0.3 is 4.57 Å². The summed E-state index contributed by atoms with van der Waals surface area (Å²) in [7, 11) is 1.95. The minimum absolute atomic E-state index is 0.0516. The molecule has 3 aromatic rings. The van der Waals surface area contributed by atoms with Gasteiger partial charge in [-0.05, 0) is 36.0 Å². The highest BCUT2D eigenvalue weighted by atomic mass is 35.5. The number of halogens is 2. The van der Waals surface area contributed by atoms with E-state index >= 15 is 0 Å². The van der Waals surface area contributed by atoms with E-state index in [-0.39, 0.29) is 17.7 Å². The molecule has 0 bridgehead atoms. The molecule has 2 aromatic carbocycles. The Hall–Kier alpha value is -2.21. The Morgan fingerprint density at radius 1 is 1.04 bits per heavy atom. The molecule has 7 heteroatoms. The summed E-state index contributed by atoms with van der Waals surface area (Å²) in [6.45, 7) is 0.0516. The standard InChI is InChI=1S/C20H14Cl2N2O2S/c1-23-10-12(13-5-2-3-8-17(13)23)9-18-19(25)24(20(26)27-18)11-14-15(21)6-4-7-16(14)22/h2-10H,11H2,1H3/b18-9+. The summed E-state index contributed by atoms with van der Waals surface area (Å²) in [5.74, 6) is -0.339. The zero-order valence-electron chi connectivity index (χ0n) is 14.3. The van der Waals surface area contributed by atoms with E-state index in [0.29, 0.717) is 20.5 Å². The maximum Gasteiger partial charge on any atom is 0.293 e. The zero-order valence-corrected chi connectivity index (χ0v) is 16.6. The van der Waals surface area contributed by atoms with E-state index in [1.807, 2.05) is 42.1 Å². The van der Waals surface area contributed by atoms with Crippen LogP contribution < -0.4 is 0 Å². The first-order valence-corrected chi connectivity index (χ1v) is 9.75. The number of fused-ring (bicyclic) bond motifs is 1. The first-order chi connectivity index (χ1) is 13.0. The van der Waals surface area contributed by atoms with Gasteiger partial charge in [0.25, 0.3) is 11.1 Å². The molecule has 27 heavy (non-hydrogen) atoms. The van der Waals surface area contributed by atoms with E-state index in [4.69, 9.17) is 23.2 Å². The molecular formula is C20H14Cl2N2O2S. The van der Waals surface area contributed by atoms with Crippen molar-refractivity contribution in [1.29, 1.82) is 0 Å². The molecule has 0 aliphatic carbocycles. The van der Waals surface area contributed by atoms with Crippen LogP contribution in [0, 0.1) is 0 Å². The first kappa shape index (κ1) is 18.2. The largest absolute Gasteiger partial charge is 0.350 e. The van der Waals surface area contributed by atoms with Gasteiger partial charge in [-0.2, -0.15) is 0 Å². The number of aryl methyl sites for hydroxylation is 1. The van der Waals surface area contributed by atoms with Gasteiger partial charge in [-0.25, -0.2) is 0 Å². The second-order valence-corrected chi connectivity index (χ2v) is 7.99. The maximum atomic E-state index is 12.8. The fraction of sp³-hybridized carbons (Fsp3) is 0.100. The first-order valence-electron chi connectivity index (χ1n) is 8.18. The monoisotopic (exact) mass is 416 g/mol. The number of para-hydroxylation sites is 1. The van der Waals surface area contributed by atoms with Crippen molar-refractivity contribution >= 4 is 63.1 Å². The third-order valence-corrected chi connectivity index (χ3v) is 6.08. The lowest BCUT2D eigenvalue weighted by molar-refractivity contribution is -0.123. The molecular weight excluding hydrogens is 403 g/mol. The minimum atomic E-state index is -0.339. The highest BCUT2D eigenvalue weighted by molar-refractivity contribution is 8.18. The molecule has 4 rings (SSSR count). The van der Waals surface area contributed by atoms with Crippen LogP contribution in [-0.2, 0) is 18.4 Å². The molecule has 0 saturated carbocycles. The number of hydrogen-bond donors (Lipinski definition) is 0. The molecule has 0 atom stereocenters. The van der Waals surface area contributed by atoms with Crippen LogP contribution in [0.1, 0.15) is 11.1 Å². The Bertz CT molecular complexity index is 1100. The van der Waals surface area contributed by atoms with E-state index < -0.39 is 0 Å². The number of thioether (sulfide) groups is 1. The predicted molar refractivity (Wildman–Crippen MR) is 111 cm³/mol. The summed E-state index contributed by atoms with van der Waals surface area (Å²) in [6.07, 6.45) is 3.71. The van der Waals surface area contributed by atoms with Crippen LogP contribution in [0.2, 0.25) is 10.0 Å². The zero-order chi connectivity index (χ0) is 19.1. The Balaban J connectivity index is 1.67. The van der Waals surface area contributed by atoms with E-state index in [9.17, 15) is 9.59 Å². The number of hydrogen-bond acceptors (Lipinski definition) is 3. The third kappa shape index (κ3) is 3.27. The van der Waals surface area contributed by atoms with Crippen molar-refractivity contribution in [2.45, 2.75) is 6.54 Å². The maximum absolute atomic E-state index is 12.8. The van der Waals surface area contributed by atoms with Gasteiger partial charge in [-0.1, -0.05) is 47.5 Å². The lowest BCUT2D eigenvalue weighted by Crippen LogP contribution is -2.27. The van der Waals surface area contributed by atoms with Crippen molar-refractivity contribution in [1.82, 2.24) is 9.47 Å². The average molecular weight is 417 g/mol. The van der Waals surface area contributed by atoms with Gasteiger partial charge in [0.15, 0.2) is 0 Å². The average Bonchev–Trinajstić information content (AvgIpc) is 3.09. The van der Waals surface area contributed by atoms with E-state index in [2.05, 4.69) is 0 Å². The van der Waals surface area contributed by atoms with Gasteiger partial charge in [0.2, 0.25) is 0 Å². The topological polar surface area (TPSA) is 42.3 Å². The van der Waals surface area contributed by atoms with Crippen molar-refractivity contribution in [3.05, 3.63) is 74.7 Å². The number of benzene rings is 2. The fourth-order valence-electron chi connectivity index (χ4n) is 3.11. The lowest BCUT2D eigenvalue weighted by Gasteiger charge is -2.14. The van der Waals surface area contributed by atoms with Gasteiger partial charge in [-0.15, -0.1) is 0 Å². The van der Waals surface area contributed by atoms with Gasteiger partial charge in [0.1, 0.15) is 0 Å². The normalized spacial score (nSPS) is 16.1. The van der Waals surface area contributed by atoms with Crippen LogP contribution in [0.4, 0.5) is 4.79 Å². The van der Waals surface area contributed by atoms with E-state index in [0.717, 1.165) is 28.2 Å². The Kier molecular flexibility index (Phi) is 4.76. The molecule has 1 aliphatic heterocycles. The third-order valence-electron chi connectivity index (χ3n) is 4.47. The van der Waals surface area contributed by atoms with Gasteiger partial charge >= 0.3 is 0 Å². The second-order valence-electron chi connectivity index (χ2n) is 6.18. The number of amides is 2. The summed E-state index contributed by atoms with van der Waals surface area (Å²) < 4.78 is 1.99. The van der Waals surface area contributed by atoms with Crippen molar-refractivity contribution in [3.63, 3.8) is 0 Å². The summed E-state index contributed by atoms with van der Waals surface area (Å²) >= 11 is 13.3. The smallest absolute Gasteiger partial charge is 0.293 e. The van der Waals surface area contributed by atoms with Crippen LogP contribution in [0.15, 0.2) is 53.6 Å². The van der Waals surface area contributed by atoms with Gasteiger partial charge in [0.05, 0.1) is 11.4 Å². The van der Waals surface area contributed by atoms with E-state index in [1.54, 1.807) is 24.3 Å². The van der Waals surface area contributed by atoms with Crippen LogP contribution in [-0.4, -0.2) is 20.6 Å². The fourth-order valence-corrected chi connectivity index (χ4v) is 4.45.